The molecule has 0 unspecified atom stereocenters. The number of hydrogen-bond acceptors (Lipinski definition) is 3. The molecule has 0 bridgehead atoms. The Bertz CT molecular complexity index is 384. The molecule has 7 heteroatoms. The van der Waals surface area contributed by atoms with E-state index in [9.17, 15) is 18.0 Å². The molecule has 0 aliphatic heterocycles. The third kappa shape index (κ3) is 8.50. The van der Waals surface area contributed by atoms with E-state index in [1.165, 1.54) is 11.8 Å². The predicted octanol–water partition coefficient (Wildman–Crippen LogP) is 2.57. The van der Waals surface area contributed by atoms with Crippen molar-refractivity contribution in [2.24, 2.45) is 0 Å². The highest BCUT2D eigenvalue weighted by Crippen LogP contribution is 2.13. The van der Waals surface area contributed by atoms with Gasteiger partial charge in [0.1, 0.15) is 0 Å². The number of nitrogens with one attached hydrogen (secondary N) is 1. The molecule has 1 aromatic rings. The van der Waals surface area contributed by atoms with Gasteiger partial charge < -0.3 is 0 Å². The second kappa shape index (κ2) is 8.06. The summed E-state index contributed by atoms with van der Waals surface area (Å²) in [5.74, 6) is 0.226. The summed E-state index contributed by atoms with van der Waals surface area (Å²) in [5, 5.41) is 0. The minimum absolute atomic E-state index is 0.0741. The Balaban J connectivity index is 2.05. The van der Waals surface area contributed by atoms with E-state index in [2.05, 4.69) is 4.84 Å². The Morgan fingerprint density at radius 1 is 1.26 bits per heavy atom. The van der Waals surface area contributed by atoms with Crippen molar-refractivity contribution in [3.05, 3.63) is 35.9 Å². The summed E-state index contributed by atoms with van der Waals surface area (Å²) in [5.41, 5.74) is 2.91. The lowest BCUT2D eigenvalue weighted by Gasteiger charge is -2.08. The summed E-state index contributed by atoms with van der Waals surface area (Å²) in [7, 11) is 0. The van der Waals surface area contributed by atoms with Gasteiger partial charge >= 0.3 is 6.18 Å². The quantitative estimate of drug-likeness (QED) is 0.620. The number of carbonyl (C=O) groups excluding carboxylic acids is 1. The van der Waals surface area contributed by atoms with Crippen LogP contribution >= 0.6 is 11.8 Å². The lowest BCUT2D eigenvalue weighted by Crippen LogP contribution is -2.30. The number of hydrogen-bond donors (Lipinski definition) is 1. The fourth-order valence-electron chi connectivity index (χ4n) is 1.23. The monoisotopic (exact) mass is 293 g/mol. The van der Waals surface area contributed by atoms with Crippen LogP contribution in [0.2, 0.25) is 0 Å². The Morgan fingerprint density at radius 2 is 1.95 bits per heavy atom. The van der Waals surface area contributed by atoms with Gasteiger partial charge in [-0.3, -0.25) is 9.63 Å². The topological polar surface area (TPSA) is 38.3 Å². The van der Waals surface area contributed by atoms with E-state index in [1.807, 2.05) is 30.3 Å². The molecule has 1 aromatic carbocycles. The molecule has 19 heavy (non-hydrogen) atoms. The maximum atomic E-state index is 11.7. The molecule has 1 amide bonds. The SMILES string of the molecule is O=C(CSCCc1ccccc1)NOCC(F)(F)F. The fourth-order valence-corrected chi connectivity index (χ4v) is 2.00. The average Bonchev–Trinajstić information content (AvgIpc) is 2.34. The van der Waals surface area contributed by atoms with Crippen LogP contribution in [0.3, 0.4) is 0 Å². The van der Waals surface area contributed by atoms with E-state index in [0.29, 0.717) is 0 Å². The smallest absolute Gasteiger partial charge is 0.272 e. The van der Waals surface area contributed by atoms with Gasteiger partial charge in [-0.25, -0.2) is 5.48 Å². The third-order valence-corrected chi connectivity index (χ3v) is 2.99. The summed E-state index contributed by atoms with van der Waals surface area (Å²) in [6.45, 7) is -1.48. The fraction of sp³-hybridized carbons (Fsp3) is 0.417. The van der Waals surface area contributed by atoms with Crippen molar-refractivity contribution in [3.8, 4) is 0 Å². The third-order valence-electron chi connectivity index (χ3n) is 2.03. The van der Waals surface area contributed by atoms with Crippen LogP contribution in [0.25, 0.3) is 0 Å². The van der Waals surface area contributed by atoms with Crippen LogP contribution in [0.5, 0.6) is 0 Å². The van der Waals surface area contributed by atoms with Crippen LogP contribution in [0.1, 0.15) is 5.56 Å². The summed E-state index contributed by atoms with van der Waals surface area (Å²) in [4.78, 5) is 15.2. The normalized spacial score (nSPS) is 11.3. The zero-order valence-electron chi connectivity index (χ0n) is 10.1. The Morgan fingerprint density at radius 3 is 2.58 bits per heavy atom. The van der Waals surface area contributed by atoms with E-state index in [4.69, 9.17) is 0 Å². The van der Waals surface area contributed by atoms with Crippen LogP contribution in [-0.4, -0.2) is 30.2 Å². The maximum absolute atomic E-state index is 11.7. The first-order chi connectivity index (χ1) is 8.97. The van der Waals surface area contributed by atoms with E-state index >= 15 is 0 Å². The summed E-state index contributed by atoms with van der Waals surface area (Å²) < 4.78 is 35.2. The van der Waals surface area contributed by atoms with Crippen LogP contribution < -0.4 is 5.48 Å². The molecule has 106 valence electrons. The van der Waals surface area contributed by atoms with E-state index < -0.39 is 18.7 Å². The van der Waals surface area contributed by atoms with Crippen LogP contribution in [0.15, 0.2) is 30.3 Å². The highest BCUT2D eigenvalue weighted by Gasteiger charge is 2.28. The minimum Gasteiger partial charge on any atom is -0.272 e. The number of halogens is 3. The largest absolute Gasteiger partial charge is 0.414 e. The van der Waals surface area contributed by atoms with Crippen molar-refractivity contribution < 1.29 is 22.8 Å². The molecule has 0 fully saturated rings. The first-order valence-electron chi connectivity index (χ1n) is 5.56. The zero-order valence-corrected chi connectivity index (χ0v) is 10.9. The van der Waals surface area contributed by atoms with Crippen LogP contribution in [0, 0.1) is 0 Å². The molecular weight excluding hydrogens is 279 g/mol. The number of carbonyl (C=O) groups is 1. The highest BCUT2D eigenvalue weighted by atomic mass is 32.2. The molecule has 3 nitrogen and oxygen atoms in total. The van der Waals surface area contributed by atoms with Gasteiger partial charge in [-0.15, -0.1) is 0 Å². The second-order valence-corrected chi connectivity index (χ2v) is 4.82. The number of alkyl halides is 3. The molecule has 0 spiro atoms. The van der Waals surface area contributed by atoms with E-state index in [1.54, 1.807) is 5.48 Å². The van der Waals surface area contributed by atoms with Gasteiger partial charge in [0.15, 0.2) is 6.61 Å². The molecule has 0 saturated carbocycles. The van der Waals surface area contributed by atoms with Crippen LogP contribution in [-0.2, 0) is 16.1 Å². The molecule has 0 atom stereocenters. The number of benzene rings is 1. The molecule has 0 radical (unpaired) electrons. The molecule has 0 saturated heterocycles. The second-order valence-electron chi connectivity index (χ2n) is 3.72. The molecule has 0 aliphatic rings. The first-order valence-corrected chi connectivity index (χ1v) is 6.72. The van der Waals surface area contributed by atoms with Crippen molar-refractivity contribution in [3.63, 3.8) is 0 Å². The van der Waals surface area contributed by atoms with E-state index in [-0.39, 0.29) is 5.75 Å². The van der Waals surface area contributed by atoms with Crippen molar-refractivity contribution in [2.45, 2.75) is 12.6 Å². The van der Waals surface area contributed by atoms with Crippen molar-refractivity contribution in [2.75, 3.05) is 18.1 Å². The van der Waals surface area contributed by atoms with Crippen molar-refractivity contribution in [1.82, 2.24) is 5.48 Å². The molecule has 1 rings (SSSR count). The Hall–Kier alpha value is -1.21. The van der Waals surface area contributed by atoms with Gasteiger partial charge in [0.25, 0.3) is 5.91 Å². The summed E-state index contributed by atoms with van der Waals surface area (Å²) in [6.07, 6.45) is -3.63. The summed E-state index contributed by atoms with van der Waals surface area (Å²) >= 11 is 1.34. The standard InChI is InChI=1S/C12H14F3NO2S/c13-12(14,15)9-18-16-11(17)8-19-7-6-10-4-2-1-3-5-10/h1-5H,6-9H2,(H,16,17). The molecule has 0 heterocycles. The lowest BCUT2D eigenvalue weighted by molar-refractivity contribution is -0.191. The number of aryl methyl sites for hydroxylation is 1. The number of amides is 1. The van der Waals surface area contributed by atoms with E-state index in [0.717, 1.165) is 17.7 Å². The first kappa shape index (κ1) is 15.8. The number of hydroxylamine groups is 1. The van der Waals surface area contributed by atoms with Gasteiger partial charge in [-0.2, -0.15) is 24.9 Å². The average molecular weight is 293 g/mol. The Kier molecular flexibility index (Phi) is 6.72. The van der Waals surface area contributed by atoms with Crippen molar-refractivity contribution in [1.29, 1.82) is 0 Å². The van der Waals surface area contributed by atoms with Crippen LogP contribution in [0.4, 0.5) is 13.2 Å². The van der Waals surface area contributed by atoms with Gasteiger partial charge in [0.2, 0.25) is 0 Å². The zero-order chi connectivity index (χ0) is 14.1. The highest BCUT2D eigenvalue weighted by molar-refractivity contribution is 7.99. The van der Waals surface area contributed by atoms with Gasteiger partial charge in [0, 0.05) is 0 Å². The molecular formula is C12H14F3NO2S. The van der Waals surface area contributed by atoms with Crippen molar-refractivity contribution >= 4 is 17.7 Å². The Labute approximate surface area is 113 Å². The predicted molar refractivity (Wildman–Crippen MR) is 67.6 cm³/mol. The van der Waals surface area contributed by atoms with Gasteiger partial charge in [0.05, 0.1) is 5.75 Å². The lowest BCUT2D eigenvalue weighted by atomic mass is 10.2. The summed E-state index contributed by atoms with van der Waals surface area (Å²) in [6, 6.07) is 9.73. The number of thioether (sulfide) groups is 1. The molecule has 0 aromatic heterocycles. The molecule has 0 aliphatic carbocycles. The number of rotatable bonds is 7. The van der Waals surface area contributed by atoms with Gasteiger partial charge in [-0.1, -0.05) is 30.3 Å². The maximum Gasteiger partial charge on any atom is 0.414 e. The van der Waals surface area contributed by atoms with Gasteiger partial charge in [-0.05, 0) is 17.7 Å². The molecule has 1 N–H and O–H groups in total. The minimum atomic E-state index is -4.44.